The maximum absolute atomic E-state index is 4.93. The highest BCUT2D eigenvalue weighted by atomic mass is 32.1. The zero-order valence-electron chi connectivity index (χ0n) is 20.4. The van der Waals surface area contributed by atoms with Crippen LogP contribution in [0.25, 0.3) is 70.0 Å². The molecule has 3 nitrogen and oxygen atoms in total. The van der Waals surface area contributed by atoms with Crippen molar-refractivity contribution in [3.63, 3.8) is 0 Å². The van der Waals surface area contributed by atoms with E-state index in [1.807, 2.05) is 18.6 Å². The van der Waals surface area contributed by atoms with Crippen molar-refractivity contribution in [1.82, 2.24) is 14.5 Å². The number of pyridine rings is 2. The first-order valence-corrected chi connectivity index (χ1v) is 13.5. The largest absolute Gasteiger partial charge is 0.309 e. The Morgan fingerprint density at radius 1 is 0.526 bits per heavy atom. The second kappa shape index (κ2) is 8.37. The molecule has 4 aromatic heterocycles. The van der Waals surface area contributed by atoms with Gasteiger partial charge in [0.25, 0.3) is 0 Å². The van der Waals surface area contributed by atoms with Crippen molar-refractivity contribution < 1.29 is 0 Å². The van der Waals surface area contributed by atoms with Crippen LogP contribution >= 0.6 is 11.3 Å². The molecule has 178 valence electrons. The van der Waals surface area contributed by atoms with Crippen LogP contribution in [0.15, 0.2) is 128 Å². The van der Waals surface area contributed by atoms with Gasteiger partial charge in [-0.05, 0) is 36.4 Å². The van der Waals surface area contributed by atoms with Crippen molar-refractivity contribution in [2.75, 3.05) is 0 Å². The molecule has 0 spiro atoms. The van der Waals surface area contributed by atoms with E-state index in [-0.39, 0.29) is 0 Å². The summed E-state index contributed by atoms with van der Waals surface area (Å²) in [7, 11) is 0. The van der Waals surface area contributed by atoms with E-state index in [9.17, 15) is 0 Å². The van der Waals surface area contributed by atoms with Crippen molar-refractivity contribution in [2.24, 2.45) is 0 Å². The SMILES string of the molecule is c1ccc(-n2c3ccccc3c3ccccc32)c(-c2cnccc2-c2nccc3c2sc2ccccc23)c1. The number of thiophene rings is 1. The fourth-order valence-corrected chi connectivity index (χ4v) is 6.94. The molecule has 0 saturated carbocycles. The smallest absolute Gasteiger partial charge is 0.0887 e. The number of para-hydroxylation sites is 3. The molecule has 0 atom stereocenters. The van der Waals surface area contributed by atoms with Crippen LogP contribution in [-0.2, 0) is 0 Å². The minimum absolute atomic E-state index is 0.998. The zero-order chi connectivity index (χ0) is 25.1. The molecule has 0 amide bonds. The Kier molecular flexibility index (Phi) is 4.69. The summed E-state index contributed by atoms with van der Waals surface area (Å²) in [5.74, 6) is 0. The molecule has 4 heteroatoms. The van der Waals surface area contributed by atoms with Gasteiger partial charge >= 0.3 is 0 Å². The summed E-state index contributed by atoms with van der Waals surface area (Å²) in [6, 6.07) is 38.7. The third-order valence-electron chi connectivity index (χ3n) is 7.39. The average Bonchev–Trinajstić information content (AvgIpc) is 3.53. The van der Waals surface area contributed by atoms with Crippen molar-refractivity contribution in [3.05, 3.63) is 128 Å². The molecular weight excluding hydrogens is 482 g/mol. The molecule has 4 heterocycles. The molecule has 0 saturated heterocycles. The van der Waals surface area contributed by atoms with Gasteiger partial charge in [-0.2, -0.15) is 0 Å². The van der Waals surface area contributed by atoms with E-state index in [4.69, 9.17) is 4.98 Å². The summed E-state index contributed by atoms with van der Waals surface area (Å²) in [5.41, 5.74) is 7.79. The second-order valence-electron chi connectivity index (χ2n) is 9.44. The average molecular weight is 504 g/mol. The summed E-state index contributed by atoms with van der Waals surface area (Å²) in [4.78, 5) is 9.51. The van der Waals surface area contributed by atoms with E-state index in [0.29, 0.717) is 0 Å². The molecule has 0 radical (unpaired) electrons. The van der Waals surface area contributed by atoms with E-state index in [1.165, 1.54) is 42.0 Å². The quantitative estimate of drug-likeness (QED) is 0.240. The molecule has 0 unspecified atom stereocenters. The molecule has 8 rings (SSSR count). The molecule has 0 bridgehead atoms. The number of benzene rings is 4. The molecule has 0 aliphatic rings. The molecule has 0 fully saturated rings. The highest BCUT2D eigenvalue weighted by Crippen LogP contribution is 2.43. The van der Waals surface area contributed by atoms with Gasteiger partial charge < -0.3 is 4.57 Å². The van der Waals surface area contributed by atoms with Gasteiger partial charge in [-0.15, -0.1) is 11.3 Å². The number of aromatic nitrogens is 3. The summed E-state index contributed by atoms with van der Waals surface area (Å²) < 4.78 is 4.86. The normalized spacial score (nSPS) is 11.7. The highest BCUT2D eigenvalue weighted by molar-refractivity contribution is 7.26. The minimum atomic E-state index is 0.998. The molecule has 38 heavy (non-hydrogen) atoms. The van der Waals surface area contributed by atoms with Gasteiger partial charge in [0.1, 0.15) is 0 Å². The third-order valence-corrected chi connectivity index (χ3v) is 8.58. The van der Waals surface area contributed by atoms with E-state index >= 15 is 0 Å². The van der Waals surface area contributed by atoms with Crippen LogP contribution < -0.4 is 0 Å². The van der Waals surface area contributed by atoms with Gasteiger partial charge in [0.15, 0.2) is 0 Å². The second-order valence-corrected chi connectivity index (χ2v) is 10.5. The van der Waals surface area contributed by atoms with E-state index in [1.54, 1.807) is 11.3 Å². The van der Waals surface area contributed by atoms with Crippen molar-refractivity contribution in [1.29, 1.82) is 0 Å². The third kappa shape index (κ3) is 3.07. The molecule has 0 aliphatic heterocycles. The summed E-state index contributed by atoms with van der Waals surface area (Å²) in [6.07, 6.45) is 5.78. The van der Waals surface area contributed by atoms with Crippen LogP contribution in [0.1, 0.15) is 0 Å². The van der Waals surface area contributed by atoms with Crippen LogP contribution in [0.5, 0.6) is 0 Å². The number of hydrogen-bond donors (Lipinski definition) is 0. The lowest BCUT2D eigenvalue weighted by Gasteiger charge is -2.16. The van der Waals surface area contributed by atoms with E-state index < -0.39 is 0 Å². The summed E-state index contributed by atoms with van der Waals surface area (Å²) in [6.45, 7) is 0. The highest BCUT2D eigenvalue weighted by Gasteiger charge is 2.19. The lowest BCUT2D eigenvalue weighted by molar-refractivity contribution is 1.18. The molecule has 0 N–H and O–H groups in total. The predicted octanol–water partition coefficient (Wildman–Crippen LogP) is 9.28. The Labute approximate surface area is 223 Å². The van der Waals surface area contributed by atoms with Crippen molar-refractivity contribution >= 4 is 53.3 Å². The maximum atomic E-state index is 4.93. The lowest BCUT2D eigenvalue weighted by Crippen LogP contribution is -1.98. The van der Waals surface area contributed by atoms with Gasteiger partial charge in [-0.25, -0.2) is 0 Å². The van der Waals surface area contributed by atoms with E-state index in [2.05, 4.69) is 119 Å². The lowest BCUT2D eigenvalue weighted by atomic mass is 9.97. The number of hydrogen-bond acceptors (Lipinski definition) is 3. The zero-order valence-corrected chi connectivity index (χ0v) is 21.2. The van der Waals surface area contributed by atoms with Gasteiger partial charge in [0.2, 0.25) is 0 Å². The molecule has 4 aromatic carbocycles. The monoisotopic (exact) mass is 503 g/mol. The number of rotatable bonds is 3. The van der Waals surface area contributed by atoms with Gasteiger partial charge in [0.05, 0.1) is 27.1 Å². The van der Waals surface area contributed by atoms with Crippen molar-refractivity contribution in [3.8, 4) is 28.1 Å². The van der Waals surface area contributed by atoms with Crippen molar-refractivity contribution in [2.45, 2.75) is 0 Å². The first-order valence-electron chi connectivity index (χ1n) is 12.7. The van der Waals surface area contributed by atoms with Crippen LogP contribution in [0.4, 0.5) is 0 Å². The van der Waals surface area contributed by atoms with Gasteiger partial charge in [-0.3, -0.25) is 9.97 Å². The van der Waals surface area contributed by atoms with Crippen LogP contribution in [0.2, 0.25) is 0 Å². The van der Waals surface area contributed by atoms with Gasteiger partial charge in [0, 0.05) is 61.5 Å². The fraction of sp³-hybridized carbons (Fsp3) is 0. The summed E-state index contributed by atoms with van der Waals surface area (Å²) in [5, 5.41) is 5.02. The predicted molar refractivity (Wildman–Crippen MR) is 160 cm³/mol. The van der Waals surface area contributed by atoms with Crippen LogP contribution in [0.3, 0.4) is 0 Å². The Morgan fingerprint density at radius 2 is 1.21 bits per heavy atom. The number of fused-ring (bicyclic) bond motifs is 6. The molecular formula is C34H21N3S. The topological polar surface area (TPSA) is 30.7 Å². The van der Waals surface area contributed by atoms with E-state index in [0.717, 1.165) is 28.1 Å². The fourth-order valence-electron chi connectivity index (χ4n) is 5.74. The first-order chi connectivity index (χ1) is 18.9. The van der Waals surface area contributed by atoms with Gasteiger partial charge in [-0.1, -0.05) is 72.8 Å². The first kappa shape index (κ1) is 21.3. The Hall–Kier alpha value is -4.80. The Balaban J connectivity index is 1.43. The standard InChI is InChI=1S/C34H21N3S/c1-5-13-29-22(9-1)23-10-2-6-14-30(23)37(29)31-15-7-3-11-24(31)28-21-35-19-17-26(28)33-34-27(18-20-36-33)25-12-4-8-16-32(25)38-34/h1-21H. The molecule has 0 aliphatic carbocycles. The summed E-state index contributed by atoms with van der Waals surface area (Å²) >= 11 is 1.80. The number of nitrogens with zero attached hydrogens (tertiary/aromatic N) is 3. The Morgan fingerprint density at radius 3 is 2.03 bits per heavy atom. The minimum Gasteiger partial charge on any atom is -0.309 e. The van der Waals surface area contributed by atoms with Crippen LogP contribution in [0, 0.1) is 0 Å². The van der Waals surface area contributed by atoms with Crippen LogP contribution in [-0.4, -0.2) is 14.5 Å². The Bertz CT molecular complexity index is 2100. The molecule has 8 aromatic rings. The maximum Gasteiger partial charge on any atom is 0.0887 e.